The summed E-state index contributed by atoms with van der Waals surface area (Å²) >= 11 is 2.07. The molecule has 4 fully saturated rings. The summed E-state index contributed by atoms with van der Waals surface area (Å²) in [6.45, 7) is 3.88. The Kier molecular flexibility index (Phi) is 29.2. The third-order valence-electron chi connectivity index (χ3n) is 10.1. The summed E-state index contributed by atoms with van der Waals surface area (Å²) in [6, 6.07) is 28.6. The number of epoxide rings is 1. The largest absolute Gasteiger partial charge is 2.00 e. The number of carboxylic acid groups (broad SMARTS) is 1. The zero-order valence-corrected chi connectivity index (χ0v) is 43.2. The van der Waals surface area contributed by atoms with E-state index in [2.05, 4.69) is 22.6 Å². The van der Waals surface area contributed by atoms with E-state index in [1.54, 1.807) is 0 Å². The maximum atomic E-state index is 11.9. The zero-order valence-electron chi connectivity index (χ0n) is 35.3. The number of carbonyl (C=O) groups excluding carboxylic acids is 3. The molecule has 0 spiro atoms. The van der Waals surface area contributed by atoms with Crippen LogP contribution in [0.5, 0.6) is 0 Å². The minimum absolute atomic E-state index is 0. The minimum atomic E-state index is -1.63. The van der Waals surface area contributed by atoms with Crippen molar-refractivity contribution < 1.29 is 120 Å². The van der Waals surface area contributed by atoms with Gasteiger partial charge in [0.05, 0.1) is 42.5 Å². The van der Waals surface area contributed by atoms with Gasteiger partial charge in [-0.25, -0.2) is 19.2 Å². The molecule has 5 aliphatic heterocycles. The number of benzene rings is 3. The molecule has 0 aliphatic carbocycles. The molecule has 3 aromatic carbocycles. The van der Waals surface area contributed by atoms with Crippen molar-refractivity contribution >= 4 is 69.5 Å². The fourth-order valence-electron chi connectivity index (χ4n) is 6.38. The van der Waals surface area contributed by atoms with Crippen molar-refractivity contribution in [2.24, 2.45) is 0 Å². The molecule has 0 aromatic heterocycles. The number of carbonyl (C=O) groups is 4. The first-order valence-electron chi connectivity index (χ1n) is 20.1. The molecular formula is C46H57I3MgO15. The number of aliphatic carboxylic acids is 1. The Morgan fingerprint density at radius 1 is 0.662 bits per heavy atom. The molecule has 0 radical (unpaired) electrons. The van der Waals surface area contributed by atoms with Gasteiger partial charge >= 0.3 is 46.9 Å². The molecule has 4 saturated heterocycles. The molecule has 5 aliphatic rings. The van der Waals surface area contributed by atoms with Crippen molar-refractivity contribution in [1.29, 1.82) is 0 Å². The molecule has 0 bridgehead atoms. The van der Waals surface area contributed by atoms with Crippen LogP contribution in [-0.2, 0) is 76.9 Å². The van der Waals surface area contributed by atoms with E-state index in [9.17, 15) is 29.4 Å². The second-order valence-electron chi connectivity index (χ2n) is 14.8. The van der Waals surface area contributed by atoms with E-state index in [1.807, 2.05) is 97.1 Å². The van der Waals surface area contributed by atoms with Crippen LogP contribution in [0.25, 0.3) is 0 Å². The van der Waals surface area contributed by atoms with E-state index in [0.29, 0.717) is 71.1 Å². The Morgan fingerprint density at radius 3 is 1.63 bits per heavy atom. The van der Waals surface area contributed by atoms with Crippen molar-refractivity contribution in [2.45, 2.75) is 86.2 Å². The van der Waals surface area contributed by atoms with Crippen molar-refractivity contribution in [3.8, 4) is 0 Å². The molecule has 5 atom stereocenters. The van der Waals surface area contributed by atoms with Crippen LogP contribution < -0.4 is 48.0 Å². The van der Waals surface area contributed by atoms with E-state index >= 15 is 0 Å². The Labute approximate surface area is 444 Å². The average molecular weight is 1250 g/mol. The summed E-state index contributed by atoms with van der Waals surface area (Å²) in [5.41, 5.74) is -0.448. The van der Waals surface area contributed by atoms with Gasteiger partial charge in [0.25, 0.3) is 0 Å². The standard InChI is InChI=1S/C13H15IO4.C13H14O4.C13H14O3.C6H10O4.CH4.2HI.Mg/c14-11-6-7-17-9-13(11,16)12(15)18-8-10-4-2-1-3-5-10;14-12(13-9-15-7-6-11(13)17-13)16-8-10-4-2-1-3-5-10;14-13(12-7-4-8-15-10-12)16-9-11-5-2-1-3-6-11;7-5(8)6(9)2-1-3-10-4-6;;;;/h1-5,11,16H,6-9H2;1-5,11H,6-9H2;1-3,5-7H,4,8-10H2;9H,1-4H2,(H,7,8);1H4;2*1H;/q;;;;;;;+2/p-2. The number of hydrogen-bond acceptors (Lipinski definition) is 14. The molecule has 0 saturated carbocycles. The maximum absolute atomic E-state index is 11.9. The topological polar surface area (TPSA) is 206 Å². The Bertz CT molecular complexity index is 1890. The van der Waals surface area contributed by atoms with Gasteiger partial charge < -0.3 is 101 Å². The first-order chi connectivity index (χ1) is 29.4. The van der Waals surface area contributed by atoms with Gasteiger partial charge in [-0.1, -0.05) is 127 Å². The number of aliphatic hydroxyl groups is 2. The Hall–Kier alpha value is -2.04. The second kappa shape index (κ2) is 31.2. The van der Waals surface area contributed by atoms with Crippen LogP contribution in [0.3, 0.4) is 0 Å². The summed E-state index contributed by atoms with van der Waals surface area (Å²) in [7, 11) is 0. The number of esters is 3. The first-order valence-corrected chi connectivity index (χ1v) is 21.3. The second-order valence-corrected chi connectivity index (χ2v) is 16.3. The van der Waals surface area contributed by atoms with Crippen LogP contribution in [0.4, 0.5) is 0 Å². The number of fused-ring (bicyclic) bond motifs is 1. The summed E-state index contributed by atoms with van der Waals surface area (Å²) in [5, 5.41) is 28.0. The molecule has 5 heterocycles. The van der Waals surface area contributed by atoms with Crippen molar-refractivity contribution in [3.05, 3.63) is 119 Å². The predicted octanol–water partition coefficient (Wildman–Crippen LogP) is -1.08. The molecule has 0 amide bonds. The van der Waals surface area contributed by atoms with Crippen molar-refractivity contribution in [1.82, 2.24) is 0 Å². The van der Waals surface area contributed by atoms with Crippen LogP contribution in [0.15, 0.2) is 103 Å². The molecule has 5 unspecified atom stereocenters. The molecule has 8 rings (SSSR count). The molecular weight excluding hydrogens is 1200 g/mol. The van der Waals surface area contributed by atoms with E-state index in [1.165, 1.54) is 0 Å². The monoisotopic (exact) mass is 1250 g/mol. The van der Waals surface area contributed by atoms with E-state index in [-0.39, 0.29) is 127 Å². The predicted molar refractivity (Wildman–Crippen MR) is 239 cm³/mol. The zero-order chi connectivity index (χ0) is 43.6. The summed E-state index contributed by atoms with van der Waals surface area (Å²) in [4.78, 5) is 45.8. The van der Waals surface area contributed by atoms with E-state index in [0.717, 1.165) is 29.5 Å². The third kappa shape index (κ3) is 19.1. The number of alkyl halides is 1. The third-order valence-corrected chi connectivity index (χ3v) is 11.8. The van der Waals surface area contributed by atoms with Crippen LogP contribution in [0.2, 0.25) is 0 Å². The van der Waals surface area contributed by atoms with Crippen LogP contribution in [0, 0.1) is 0 Å². The van der Waals surface area contributed by atoms with Crippen LogP contribution in [0.1, 0.15) is 56.2 Å². The van der Waals surface area contributed by atoms with E-state index < -0.39 is 28.7 Å². The van der Waals surface area contributed by atoms with Gasteiger partial charge in [0.2, 0.25) is 5.60 Å². The molecule has 3 N–H and O–H groups in total. The Balaban J connectivity index is 0.000000432. The number of rotatable bonds is 10. The van der Waals surface area contributed by atoms with Crippen LogP contribution >= 0.6 is 22.6 Å². The van der Waals surface area contributed by atoms with Gasteiger partial charge in [0, 0.05) is 26.2 Å². The van der Waals surface area contributed by atoms with Crippen LogP contribution in [-0.4, -0.2) is 142 Å². The quantitative estimate of drug-likeness (QED) is 0.0552. The smallest absolute Gasteiger partial charge is 1.00 e. The number of hydrogen-bond donors (Lipinski definition) is 3. The summed E-state index contributed by atoms with van der Waals surface area (Å²) < 4.78 is 41.3. The van der Waals surface area contributed by atoms with Crippen molar-refractivity contribution in [2.75, 3.05) is 52.9 Å². The Morgan fingerprint density at radius 2 is 1.17 bits per heavy atom. The number of halogens is 3. The first kappa shape index (κ1) is 61.0. The van der Waals surface area contributed by atoms with Gasteiger partial charge in [0.1, 0.15) is 25.9 Å². The average Bonchev–Trinajstić information content (AvgIpc) is 4.06. The van der Waals surface area contributed by atoms with Crippen molar-refractivity contribution in [3.63, 3.8) is 0 Å². The SMILES string of the molecule is C.O=C(O)C1(O)CCCOC1.O=C(OCc1ccccc1)C1(O)COCCC1I.O=C(OCc1ccccc1)C12COCCC1O2.O=C(OCc1ccccc1)C1=CCCOC1.[I-].[I-].[Mg+2]. The van der Waals surface area contributed by atoms with E-state index in [4.69, 9.17) is 43.0 Å². The summed E-state index contributed by atoms with van der Waals surface area (Å²) in [6.07, 6.45) is 5.01. The molecule has 65 heavy (non-hydrogen) atoms. The molecule has 19 heteroatoms. The van der Waals surface area contributed by atoms with Gasteiger partial charge in [0.15, 0.2) is 11.2 Å². The van der Waals surface area contributed by atoms with Gasteiger partial charge in [-0.2, -0.15) is 0 Å². The molecule has 354 valence electrons. The fourth-order valence-corrected chi connectivity index (χ4v) is 7.07. The number of ether oxygens (including phenoxy) is 8. The number of carboxylic acids is 1. The normalized spacial score (nSPS) is 24.6. The van der Waals surface area contributed by atoms with Gasteiger partial charge in [-0.3, -0.25) is 0 Å². The minimum Gasteiger partial charge on any atom is -1.00 e. The van der Waals surface area contributed by atoms with Gasteiger partial charge in [-0.15, -0.1) is 0 Å². The molecule has 15 nitrogen and oxygen atoms in total. The fraction of sp³-hybridized carbons (Fsp3) is 0.478. The molecule has 3 aromatic rings. The summed E-state index contributed by atoms with van der Waals surface area (Å²) in [5.74, 6) is -2.37. The maximum Gasteiger partial charge on any atom is 2.00 e. The van der Waals surface area contributed by atoms with Gasteiger partial charge in [-0.05, 0) is 42.4 Å².